The Morgan fingerprint density at radius 1 is 1.32 bits per heavy atom. The summed E-state index contributed by atoms with van der Waals surface area (Å²) in [5, 5.41) is 14.0. The van der Waals surface area contributed by atoms with E-state index in [0.29, 0.717) is 5.13 Å². The van der Waals surface area contributed by atoms with Crippen molar-refractivity contribution >= 4 is 40.0 Å². The number of hydrogen-bond acceptors (Lipinski definition) is 6. The Morgan fingerprint density at radius 2 is 2.04 bits per heavy atom. The van der Waals surface area contributed by atoms with Gasteiger partial charge in [0.2, 0.25) is 16.9 Å². The van der Waals surface area contributed by atoms with Crippen molar-refractivity contribution in [3.05, 3.63) is 48.0 Å². The van der Waals surface area contributed by atoms with Gasteiger partial charge in [-0.05, 0) is 12.5 Å². The molecule has 2 N–H and O–H groups in total. The van der Waals surface area contributed by atoms with Gasteiger partial charge in [-0.3, -0.25) is 9.59 Å². The third-order valence-corrected chi connectivity index (χ3v) is 5.19. The SMILES string of the molecule is C=CCSc1nnc(NC(=O)C[C@H](NC(C)=O)c2ccc(C)cc2)s1. The van der Waals surface area contributed by atoms with Gasteiger partial charge in [-0.2, -0.15) is 0 Å². The predicted molar refractivity (Wildman–Crippen MR) is 102 cm³/mol. The fourth-order valence-corrected chi connectivity index (χ4v) is 3.63. The molecule has 0 radical (unpaired) electrons. The molecule has 0 bridgehead atoms. The second kappa shape index (κ2) is 9.33. The standard InChI is InChI=1S/C17H20N4O2S2/c1-4-9-24-17-21-20-16(25-17)19-15(23)10-14(18-12(3)22)13-7-5-11(2)6-8-13/h4-8,14H,1,9-10H2,2-3H3,(H,18,22)(H,19,20,23)/t14-/m0/s1. The molecule has 1 aromatic heterocycles. The topological polar surface area (TPSA) is 84.0 Å². The minimum atomic E-state index is -0.388. The van der Waals surface area contributed by atoms with E-state index in [-0.39, 0.29) is 24.3 Å². The fraction of sp³-hybridized carbons (Fsp3) is 0.294. The first-order chi connectivity index (χ1) is 12.0. The number of aromatic nitrogens is 2. The Hall–Kier alpha value is -2.19. The lowest BCUT2D eigenvalue weighted by Gasteiger charge is -2.17. The zero-order valence-corrected chi connectivity index (χ0v) is 15.7. The number of anilines is 1. The first-order valence-corrected chi connectivity index (χ1v) is 9.49. The highest BCUT2D eigenvalue weighted by Crippen LogP contribution is 2.26. The molecular formula is C17H20N4O2S2. The van der Waals surface area contributed by atoms with Crippen molar-refractivity contribution in [2.24, 2.45) is 0 Å². The summed E-state index contributed by atoms with van der Waals surface area (Å²) in [4.78, 5) is 23.8. The van der Waals surface area contributed by atoms with Crippen LogP contribution in [0.25, 0.3) is 0 Å². The number of benzene rings is 1. The normalized spacial score (nSPS) is 11.6. The molecule has 0 spiro atoms. The maximum absolute atomic E-state index is 12.3. The van der Waals surface area contributed by atoms with Crippen molar-refractivity contribution in [3.63, 3.8) is 0 Å². The number of carbonyl (C=O) groups excluding carboxylic acids is 2. The minimum Gasteiger partial charge on any atom is -0.349 e. The molecule has 2 amide bonds. The fourth-order valence-electron chi connectivity index (χ4n) is 2.10. The summed E-state index contributed by atoms with van der Waals surface area (Å²) < 4.78 is 0.771. The molecule has 0 saturated heterocycles. The second-order valence-electron chi connectivity index (χ2n) is 5.39. The van der Waals surface area contributed by atoms with E-state index in [1.54, 1.807) is 6.08 Å². The highest BCUT2D eigenvalue weighted by atomic mass is 32.2. The van der Waals surface area contributed by atoms with E-state index < -0.39 is 0 Å². The van der Waals surface area contributed by atoms with Crippen LogP contribution in [0.1, 0.15) is 30.5 Å². The number of thioether (sulfide) groups is 1. The van der Waals surface area contributed by atoms with E-state index in [1.165, 1.54) is 30.0 Å². The zero-order chi connectivity index (χ0) is 18.2. The Kier molecular flexibility index (Phi) is 7.15. The van der Waals surface area contributed by atoms with Crippen molar-refractivity contribution < 1.29 is 9.59 Å². The van der Waals surface area contributed by atoms with Crippen LogP contribution in [0.15, 0.2) is 41.3 Å². The molecule has 0 aliphatic heterocycles. The summed E-state index contributed by atoms with van der Waals surface area (Å²) in [5.74, 6) is 0.328. The molecule has 2 rings (SSSR count). The molecule has 25 heavy (non-hydrogen) atoms. The zero-order valence-electron chi connectivity index (χ0n) is 14.1. The van der Waals surface area contributed by atoms with Crippen LogP contribution in [0.3, 0.4) is 0 Å². The van der Waals surface area contributed by atoms with E-state index in [4.69, 9.17) is 0 Å². The quantitative estimate of drug-likeness (QED) is 0.419. The average Bonchev–Trinajstić information content (AvgIpc) is 2.99. The van der Waals surface area contributed by atoms with Crippen LogP contribution in [0.5, 0.6) is 0 Å². The van der Waals surface area contributed by atoms with Gasteiger partial charge in [0.1, 0.15) is 0 Å². The maximum Gasteiger partial charge on any atom is 0.228 e. The number of rotatable bonds is 8. The van der Waals surface area contributed by atoms with Crippen LogP contribution < -0.4 is 10.6 Å². The molecule has 1 atom stereocenters. The molecule has 0 aliphatic carbocycles. The van der Waals surface area contributed by atoms with Gasteiger partial charge in [0, 0.05) is 12.7 Å². The van der Waals surface area contributed by atoms with Crippen LogP contribution >= 0.6 is 23.1 Å². The minimum absolute atomic E-state index is 0.122. The molecule has 2 aromatic rings. The van der Waals surface area contributed by atoms with Gasteiger partial charge in [0.25, 0.3) is 0 Å². The highest BCUT2D eigenvalue weighted by Gasteiger charge is 2.18. The Balaban J connectivity index is 2.01. The number of hydrogen-bond donors (Lipinski definition) is 2. The lowest BCUT2D eigenvalue weighted by Crippen LogP contribution is -2.29. The van der Waals surface area contributed by atoms with Gasteiger partial charge in [0.05, 0.1) is 12.5 Å². The van der Waals surface area contributed by atoms with Crippen molar-refractivity contribution in [1.82, 2.24) is 15.5 Å². The monoisotopic (exact) mass is 376 g/mol. The van der Waals surface area contributed by atoms with Gasteiger partial charge < -0.3 is 10.6 Å². The molecule has 6 nitrogen and oxygen atoms in total. The van der Waals surface area contributed by atoms with Crippen LogP contribution in [-0.4, -0.2) is 27.8 Å². The third kappa shape index (κ3) is 6.32. The Labute approximate surface area is 155 Å². The van der Waals surface area contributed by atoms with Crippen LogP contribution in [-0.2, 0) is 9.59 Å². The summed E-state index contributed by atoms with van der Waals surface area (Å²) >= 11 is 2.82. The summed E-state index contributed by atoms with van der Waals surface area (Å²) in [5.41, 5.74) is 2.00. The molecule has 0 fully saturated rings. The number of nitrogens with one attached hydrogen (secondary N) is 2. The van der Waals surface area contributed by atoms with Gasteiger partial charge in [-0.25, -0.2) is 0 Å². The van der Waals surface area contributed by atoms with Crippen LogP contribution in [0.4, 0.5) is 5.13 Å². The molecular weight excluding hydrogens is 356 g/mol. The molecule has 1 aromatic carbocycles. The summed E-state index contributed by atoms with van der Waals surface area (Å²) in [6.45, 7) is 7.08. The summed E-state index contributed by atoms with van der Waals surface area (Å²) in [6.07, 6.45) is 1.90. The maximum atomic E-state index is 12.3. The number of carbonyl (C=O) groups is 2. The van der Waals surface area contributed by atoms with Gasteiger partial charge in [-0.15, -0.1) is 16.8 Å². The van der Waals surface area contributed by atoms with Crippen LogP contribution in [0, 0.1) is 6.92 Å². The first kappa shape index (κ1) is 19.1. The largest absolute Gasteiger partial charge is 0.349 e. The Morgan fingerprint density at radius 3 is 2.68 bits per heavy atom. The van der Waals surface area contributed by atoms with Crippen molar-refractivity contribution in [1.29, 1.82) is 0 Å². The molecule has 8 heteroatoms. The van der Waals surface area contributed by atoms with E-state index in [0.717, 1.165) is 21.2 Å². The van der Waals surface area contributed by atoms with Crippen molar-refractivity contribution in [2.75, 3.05) is 11.1 Å². The summed E-state index contributed by atoms with van der Waals surface area (Å²) in [6, 6.07) is 7.35. The number of nitrogens with zero attached hydrogens (tertiary/aromatic N) is 2. The van der Waals surface area contributed by atoms with Gasteiger partial charge in [0.15, 0.2) is 4.34 Å². The van der Waals surface area contributed by atoms with Gasteiger partial charge >= 0.3 is 0 Å². The predicted octanol–water partition coefficient (Wildman–Crippen LogP) is 3.33. The van der Waals surface area contributed by atoms with E-state index >= 15 is 0 Å². The Bertz CT molecular complexity index is 743. The van der Waals surface area contributed by atoms with E-state index in [9.17, 15) is 9.59 Å². The van der Waals surface area contributed by atoms with E-state index in [2.05, 4.69) is 27.4 Å². The van der Waals surface area contributed by atoms with E-state index in [1.807, 2.05) is 31.2 Å². The van der Waals surface area contributed by atoms with Gasteiger partial charge in [-0.1, -0.05) is 59.0 Å². The lowest BCUT2D eigenvalue weighted by atomic mass is 10.0. The number of amides is 2. The third-order valence-electron chi connectivity index (χ3n) is 3.22. The second-order valence-corrected chi connectivity index (χ2v) is 7.63. The summed E-state index contributed by atoms with van der Waals surface area (Å²) in [7, 11) is 0. The van der Waals surface area contributed by atoms with Crippen molar-refractivity contribution in [2.45, 2.75) is 30.6 Å². The molecule has 132 valence electrons. The van der Waals surface area contributed by atoms with Crippen LogP contribution in [0.2, 0.25) is 0 Å². The first-order valence-electron chi connectivity index (χ1n) is 7.68. The lowest BCUT2D eigenvalue weighted by molar-refractivity contribution is -0.120. The molecule has 0 unspecified atom stereocenters. The average molecular weight is 377 g/mol. The molecule has 0 saturated carbocycles. The number of aryl methyl sites for hydroxylation is 1. The molecule has 1 heterocycles. The molecule has 0 aliphatic rings. The smallest absolute Gasteiger partial charge is 0.228 e. The highest BCUT2D eigenvalue weighted by molar-refractivity contribution is 8.01. The van der Waals surface area contributed by atoms with Crippen molar-refractivity contribution in [3.8, 4) is 0 Å².